The molecule has 108 valence electrons. The molecule has 1 aliphatic rings. The zero-order chi connectivity index (χ0) is 14.9. The largest absolute Gasteiger partial charge is 0.482 e. The van der Waals surface area contributed by atoms with Crippen LogP contribution in [0.15, 0.2) is 60.7 Å². The summed E-state index contributed by atoms with van der Waals surface area (Å²) in [5, 5.41) is 5.34. The summed E-state index contributed by atoms with van der Waals surface area (Å²) in [6.45, 7) is 0.0943. The van der Waals surface area contributed by atoms with Gasteiger partial charge in [0.2, 0.25) is 0 Å². The third kappa shape index (κ3) is 2.42. The maximum atomic E-state index is 11.4. The van der Waals surface area contributed by atoms with Crippen molar-refractivity contribution in [2.75, 3.05) is 11.9 Å². The predicted molar refractivity (Wildman–Crippen MR) is 87.3 cm³/mol. The van der Waals surface area contributed by atoms with Crippen LogP contribution in [0.25, 0.3) is 10.8 Å². The Morgan fingerprint density at radius 1 is 0.909 bits per heavy atom. The smallest absolute Gasteiger partial charge is 0.262 e. The molecule has 0 saturated heterocycles. The van der Waals surface area contributed by atoms with E-state index in [4.69, 9.17) is 4.74 Å². The molecule has 0 spiro atoms. The van der Waals surface area contributed by atoms with Gasteiger partial charge in [0.25, 0.3) is 5.91 Å². The van der Waals surface area contributed by atoms with Gasteiger partial charge in [-0.2, -0.15) is 0 Å². The second-order valence-corrected chi connectivity index (χ2v) is 5.53. The Labute approximate surface area is 128 Å². The quantitative estimate of drug-likeness (QED) is 0.780. The van der Waals surface area contributed by atoms with Gasteiger partial charge in [-0.25, -0.2) is 0 Å². The molecule has 0 saturated carbocycles. The monoisotopic (exact) mass is 289 g/mol. The highest BCUT2D eigenvalue weighted by molar-refractivity contribution is 5.95. The van der Waals surface area contributed by atoms with Crippen LogP contribution in [0.1, 0.15) is 11.1 Å². The molecule has 0 aliphatic carbocycles. The number of rotatable bonds is 2. The van der Waals surface area contributed by atoms with Crippen molar-refractivity contribution < 1.29 is 9.53 Å². The lowest BCUT2D eigenvalue weighted by Gasteiger charge is -2.18. The summed E-state index contributed by atoms with van der Waals surface area (Å²) in [5.41, 5.74) is 3.16. The molecule has 0 aromatic heterocycles. The standard InChI is InChI=1S/C19H15NO2/c21-19-12-22-18-8-6-14(11-17(18)20-19)9-13-5-7-15-3-1-2-4-16(15)10-13/h1-8,10-11H,9,12H2,(H,20,21). The normalized spacial score (nSPS) is 13.4. The van der Waals surface area contributed by atoms with Crippen LogP contribution in [0.4, 0.5) is 5.69 Å². The van der Waals surface area contributed by atoms with Crippen LogP contribution in [0, 0.1) is 0 Å². The van der Waals surface area contributed by atoms with Gasteiger partial charge >= 0.3 is 0 Å². The highest BCUT2D eigenvalue weighted by atomic mass is 16.5. The molecule has 4 rings (SSSR count). The first-order valence-electron chi connectivity index (χ1n) is 7.31. The number of amides is 1. The third-order valence-electron chi connectivity index (χ3n) is 3.90. The van der Waals surface area contributed by atoms with Gasteiger partial charge in [-0.1, -0.05) is 48.5 Å². The van der Waals surface area contributed by atoms with Gasteiger partial charge < -0.3 is 10.1 Å². The summed E-state index contributed by atoms with van der Waals surface area (Å²) in [6.07, 6.45) is 0.827. The molecule has 1 amide bonds. The van der Waals surface area contributed by atoms with E-state index in [2.05, 4.69) is 41.7 Å². The van der Waals surface area contributed by atoms with Gasteiger partial charge in [0.15, 0.2) is 6.61 Å². The molecule has 3 aromatic rings. The average Bonchev–Trinajstić information content (AvgIpc) is 2.54. The molecule has 3 aromatic carbocycles. The Kier molecular flexibility index (Phi) is 3.04. The van der Waals surface area contributed by atoms with Crippen LogP contribution in [-0.2, 0) is 11.2 Å². The van der Waals surface area contributed by atoms with Crippen LogP contribution in [0.5, 0.6) is 5.75 Å². The zero-order valence-corrected chi connectivity index (χ0v) is 12.0. The fourth-order valence-corrected chi connectivity index (χ4v) is 2.82. The van der Waals surface area contributed by atoms with E-state index in [1.54, 1.807) is 0 Å². The number of anilines is 1. The zero-order valence-electron chi connectivity index (χ0n) is 12.0. The fraction of sp³-hybridized carbons (Fsp3) is 0.105. The molecular weight excluding hydrogens is 274 g/mol. The third-order valence-corrected chi connectivity index (χ3v) is 3.90. The highest BCUT2D eigenvalue weighted by Gasteiger charge is 2.15. The lowest BCUT2D eigenvalue weighted by molar-refractivity contribution is -0.118. The molecule has 3 heteroatoms. The van der Waals surface area contributed by atoms with E-state index >= 15 is 0 Å². The Morgan fingerprint density at radius 2 is 1.68 bits per heavy atom. The number of carbonyl (C=O) groups is 1. The van der Waals surface area contributed by atoms with Crippen LogP contribution >= 0.6 is 0 Å². The minimum atomic E-state index is -0.102. The first kappa shape index (κ1) is 12.9. The van der Waals surface area contributed by atoms with Crippen molar-refractivity contribution in [2.24, 2.45) is 0 Å². The van der Waals surface area contributed by atoms with Gasteiger partial charge in [-0.15, -0.1) is 0 Å². The minimum Gasteiger partial charge on any atom is -0.482 e. The molecule has 22 heavy (non-hydrogen) atoms. The number of benzene rings is 3. The SMILES string of the molecule is O=C1COc2ccc(Cc3ccc4ccccc4c3)cc2N1. The van der Waals surface area contributed by atoms with Crippen LogP contribution < -0.4 is 10.1 Å². The van der Waals surface area contributed by atoms with Crippen LogP contribution in [0.3, 0.4) is 0 Å². The van der Waals surface area contributed by atoms with E-state index in [1.807, 2.05) is 24.3 Å². The molecule has 3 nitrogen and oxygen atoms in total. The highest BCUT2D eigenvalue weighted by Crippen LogP contribution is 2.29. The van der Waals surface area contributed by atoms with Gasteiger partial charge in [0, 0.05) is 0 Å². The van der Waals surface area contributed by atoms with E-state index in [0.717, 1.165) is 23.4 Å². The average molecular weight is 289 g/mol. The van der Waals surface area contributed by atoms with Crippen molar-refractivity contribution in [2.45, 2.75) is 6.42 Å². The number of nitrogens with one attached hydrogen (secondary N) is 1. The summed E-state index contributed by atoms with van der Waals surface area (Å²) in [7, 11) is 0. The number of hydrogen-bond donors (Lipinski definition) is 1. The summed E-state index contributed by atoms with van der Waals surface area (Å²) in [5.74, 6) is 0.636. The van der Waals surface area contributed by atoms with Gasteiger partial charge in [0.1, 0.15) is 5.75 Å². The van der Waals surface area contributed by atoms with Crippen molar-refractivity contribution in [1.82, 2.24) is 0 Å². The topological polar surface area (TPSA) is 38.3 Å². The van der Waals surface area contributed by atoms with Gasteiger partial charge in [-0.3, -0.25) is 4.79 Å². The van der Waals surface area contributed by atoms with Crippen LogP contribution in [-0.4, -0.2) is 12.5 Å². The fourth-order valence-electron chi connectivity index (χ4n) is 2.82. The van der Waals surface area contributed by atoms with Crippen molar-refractivity contribution in [3.8, 4) is 5.75 Å². The Hall–Kier alpha value is -2.81. The van der Waals surface area contributed by atoms with E-state index in [9.17, 15) is 4.79 Å². The number of ether oxygens (including phenoxy) is 1. The van der Waals surface area contributed by atoms with Gasteiger partial charge in [-0.05, 0) is 40.5 Å². The minimum absolute atomic E-state index is 0.0943. The van der Waals surface area contributed by atoms with E-state index < -0.39 is 0 Å². The molecule has 0 unspecified atom stereocenters. The molecule has 0 radical (unpaired) electrons. The van der Waals surface area contributed by atoms with Crippen molar-refractivity contribution in [3.63, 3.8) is 0 Å². The molecule has 0 fully saturated rings. The number of fused-ring (bicyclic) bond motifs is 2. The predicted octanol–water partition coefficient (Wildman–Crippen LogP) is 3.76. The Morgan fingerprint density at radius 3 is 2.59 bits per heavy atom. The van der Waals surface area contributed by atoms with Crippen molar-refractivity contribution in [3.05, 3.63) is 71.8 Å². The maximum Gasteiger partial charge on any atom is 0.262 e. The van der Waals surface area contributed by atoms with E-state index in [-0.39, 0.29) is 12.5 Å². The summed E-state index contributed by atoms with van der Waals surface area (Å²) < 4.78 is 5.39. The van der Waals surface area contributed by atoms with Crippen LogP contribution in [0.2, 0.25) is 0 Å². The second-order valence-electron chi connectivity index (χ2n) is 5.53. The maximum absolute atomic E-state index is 11.4. The van der Waals surface area contributed by atoms with Crippen molar-refractivity contribution in [1.29, 1.82) is 0 Å². The summed E-state index contributed by atoms with van der Waals surface area (Å²) in [6, 6.07) is 20.8. The lowest BCUT2D eigenvalue weighted by atomic mass is 10.0. The molecule has 1 aliphatic heterocycles. The Balaban J connectivity index is 1.64. The van der Waals surface area contributed by atoms with E-state index in [1.165, 1.54) is 16.3 Å². The molecular formula is C19H15NO2. The lowest BCUT2D eigenvalue weighted by Crippen LogP contribution is -2.25. The summed E-state index contributed by atoms with van der Waals surface area (Å²) in [4.78, 5) is 11.4. The van der Waals surface area contributed by atoms with Gasteiger partial charge in [0.05, 0.1) is 5.69 Å². The molecule has 0 atom stereocenters. The first-order valence-corrected chi connectivity index (χ1v) is 7.31. The van der Waals surface area contributed by atoms with Crippen molar-refractivity contribution >= 4 is 22.4 Å². The second kappa shape index (κ2) is 5.19. The summed E-state index contributed by atoms with van der Waals surface area (Å²) >= 11 is 0. The molecule has 0 bridgehead atoms. The Bertz CT molecular complexity index is 870. The number of carbonyl (C=O) groups excluding carboxylic acids is 1. The number of hydrogen-bond acceptors (Lipinski definition) is 2. The molecule has 1 heterocycles. The van der Waals surface area contributed by atoms with E-state index in [0.29, 0.717) is 0 Å². The first-order chi connectivity index (χ1) is 10.8. The molecule has 1 N–H and O–H groups in total.